The van der Waals surface area contributed by atoms with Crippen molar-refractivity contribution in [1.29, 1.82) is 0 Å². The third kappa shape index (κ3) is 5.86. The lowest BCUT2D eigenvalue weighted by Crippen LogP contribution is -2.39. The zero-order chi connectivity index (χ0) is 17.7. The number of amides is 2. The molecular formula is C17H29NO4Si. The lowest BCUT2D eigenvalue weighted by Gasteiger charge is -2.35. The fraction of sp³-hybridized carbons (Fsp3) is 0.647. The van der Waals surface area contributed by atoms with Gasteiger partial charge in [-0.3, -0.25) is 4.79 Å². The van der Waals surface area contributed by atoms with E-state index in [0.717, 1.165) is 4.90 Å². The minimum Gasteiger partial charge on any atom is -0.549 e. The minimum absolute atomic E-state index is 0.178. The molecule has 23 heavy (non-hydrogen) atoms. The topological polar surface area (TPSA) is 55.8 Å². The molecule has 6 heteroatoms. The highest BCUT2D eigenvalue weighted by Crippen LogP contribution is 2.36. The van der Waals surface area contributed by atoms with Gasteiger partial charge in [0.25, 0.3) is 5.91 Å². The summed E-state index contributed by atoms with van der Waals surface area (Å²) < 4.78 is 10.7. The first kappa shape index (κ1) is 19.5. The van der Waals surface area contributed by atoms with E-state index in [0.29, 0.717) is 13.0 Å². The van der Waals surface area contributed by atoms with Crippen LogP contribution in [-0.4, -0.2) is 38.4 Å². The number of hydrogen-bond acceptors (Lipinski definition) is 4. The van der Waals surface area contributed by atoms with Crippen LogP contribution in [0.25, 0.3) is 0 Å². The molecule has 130 valence electrons. The molecule has 0 saturated carbocycles. The Bertz CT molecular complexity index is 491. The third-order valence-corrected chi connectivity index (χ3v) is 8.71. The summed E-state index contributed by atoms with van der Waals surface area (Å²) in [6.45, 7) is 13.7. The molecule has 0 N–H and O–H groups in total. The predicted octanol–water partition coefficient (Wildman–Crippen LogP) is 4.08. The highest BCUT2D eigenvalue weighted by molar-refractivity contribution is 6.74. The number of rotatable bonds is 6. The Kier molecular flexibility index (Phi) is 6.62. The fourth-order valence-electron chi connectivity index (χ4n) is 1.67. The molecule has 0 unspecified atom stereocenters. The SMILES string of the molecule is C[C@@H](/C=C\O[Si](C)(C)C(C)(C)C)C/C=C/C(=O)N1CCOC1=O. The Morgan fingerprint density at radius 1 is 1.43 bits per heavy atom. The Morgan fingerprint density at radius 2 is 2.09 bits per heavy atom. The molecule has 1 aliphatic heterocycles. The van der Waals surface area contributed by atoms with Crippen molar-refractivity contribution in [2.45, 2.75) is 52.2 Å². The van der Waals surface area contributed by atoms with Gasteiger partial charge in [0.2, 0.25) is 8.32 Å². The summed E-state index contributed by atoms with van der Waals surface area (Å²) in [6, 6.07) is 0. The zero-order valence-corrected chi connectivity index (χ0v) is 16.1. The average molecular weight is 340 g/mol. The Morgan fingerprint density at radius 3 is 2.61 bits per heavy atom. The van der Waals surface area contributed by atoms with Crippen LogP contribution in [0.1, 0.15) is 34.1 Å². The molecule has 0 aromatic rings. The van der Waals surface area contributed by atoms with Crippen LogP contribution in [0.3, 0.4) is 0 Å². The maximum absolute atomic E-state index is 11.8. The van der Waals surface area contributed by atoms with Crippen molar-refractivity contribution in [3.63, 3.8) is 0 Å². The van der Waals surface area contributed by atoms with E-state index in [1.165, 1.54) is 6.08 Å². The summed E-state index contributed by atoms with van der Waals surface area (Å²) in [4.78, 5) is 24.2. The van der Waals surface area contributed by atoms with E-state index < -0.39 is 14.4 Å². The largest absolute Gasteiger partial charge is 0.549 e. The normalized spacial score (nSPS) is 17.8. The number of carbonyl (C=O) groups excluding carboxylic acids is 2. The molecule has 0 aromatic heterocycles. The zero-order valence-electron chi connectivity index (χ0n) is 15.1. The number of hydrogen-bond donors (Lipinski definition) is 0. The summed E-state index contributed by atoms with van der Waals surface area (Å²) in [6.07, 6.45) is 7.19. The Labute approximate surface area is 140 Å². The number of allylic oxidation sites excluding steroid dienone is 2. The number of imide groups is 1. The molecular weight excluding hydrogens is 310 g/mol. The van der Waals surface area contributed by atoms with Crippen molar-refractivity contribution in [2.75, 3.05) is 13.2 Å². The van der Waals surface area contributed by atoms with Gasteiger partial charge in [0, 0.05) is 0 Å². The molecule has 0 bridgehead atoms. The quantitative estimate of drug-likeness (QED) is 0.415. The first-order chi connectivity index (χ1) is 10.5. The van der Waals surface area contributed by atoms with Crippen LogP contribution in [0.5, 0.6) is 0 Å². The lowest BCUT2D eigenvalue weighted by atomic mass is 10.1. The van der Waals surface area contributed by atoms with Crippen molar-refractivity contribution < 1.29 is 18.8 Å². The maximum Gasteiger partial charge on any atom is 0.416 e. The van der Waals surface area contributed by atoms with Crippen molar-refractivity contribution in [1.82, 2.24) is 4.90 Å². The number of carbonyl (C=O) groups is 2. The van der Waals surface area contributed by atoms with Gasteiger partial charge in [-0.25, -0.2) is 9.69 Å². The van der Waals surface area contributed by atoms with E-state index in [2.05, 4.69) is 40.8 Å². The number of nitrogens with zero attached hydrogens (tertiary/aromatic N) is 1. The molecule has 0 radical (unpaired) electrons. The van der Waals surface area contributed by atoms with Crippen molar-refractivity contribution in [3.05, 3.63) is 24.5 Å². The number of cyclic esters (lactones) is 1. The lowest BCUT2D eigenvalue weighted by molar-refractivity contribution is -0.122. The van der Waals surface area contributed by atoms with Gasteiger partial charge in [-0.1, -0.05) is 33.8 Å². The molecule has 0 aromatic carbocycles. The van der Waals surface area contributed by atoms with Crippen LogP contribution in [0.2, 0.25) is 18.1 Å². The smallest absolute Gasteiger partial charge is 0.416 e. The van der Waals surface area contributed by atoms with Crippen molar-refractivity contribution in [2.24, 2.45) is 5.92 Å². The van der Waals surface area contributed by atoms with Crippen molar-refractivity contribution >= 4 is 20.3 Å². The third-order valence-electron chi connectivity index (χ3n) is 4.37. The van der Waals surface area contributed by atoms with Gasteiger partial charge >= 0.3 is 6.09 Å². The van der Waals surface area contributed by atoms with E-state index in [1.807, 2.05) is 6.08 Å². The fourth-order valence-corrected chi connectivity index (χ4v) is 2.44. The van der Waals surface area contributed by atoms with Crippen LogP contribution < -0.4 is 0 Å². The summed E-state index contributed by atoms with van der Waals surface area (Å²) in [5.74, 6) is -0.0597. The Hall–Kier alpha value is -1.56. The summed E-state index contributed by atoms with van der Waals surface area (Å²) in [5, 5.41) is 0.178. The van der Waals surface area contributed by atoms with Gasteiger partial charge < -0.3 is 9.16 Å². The van der Waals surface area contributed by atoms with Gasteiger partial charge in [-0.05, 0) is 42.6 Å². The summed E-state index contributed by atoms with van der Waals surface area (Å²) in [5.41, 5.74) is 0. The van der Waals surface area contributed by atoms with Crippen LogP contribution in [-0.2, 0) is 14.0 Å². The number of ether oxygens (including phenoxy) is 1. The standard InChI is InChI=1S/C17H29NO4Si/c1-14(10-12-22-23(5,6)17(2,3)4)8-7-9-15(19)18-11-13-21-16(18)20/h7,9-10,12,14H,8,11,13H2,1-6H3/b9-7+,12-10-/t14-/m1/s1. The van der Waals surface area contributed by atoms with E-state index in [-0.39, 0.29) is 23.5 Å². The van der Waals surface area contributed by atoms with Gasteiger partial charge in [-0.2, -0.15) is 0 Å². The van der Waals surface area contributed by atoms with Crippen LogP contribution >= 0.6 is 0 Å². The minimum atomic E-state index is -1.76. The van der Waals surface area contributed by atoms with E-state index in [1.54, 1.807) is 12.3 Å². The Balaban J connectivity index is 2.40. The molecule has 1 aliphatic rings. The molecule has 0 spiro atoms. The van der Waals surface area contributed by atoms with Gasteiger partial charge in [0.05, 0.1) is 12.8 Å². The van der Waals surface area contributed by atoms with Gasteiger partial charge in [0.15, 0.2) is 0 Å². The molecule has 1 fully saturated rings. The maximum atomic E-state index is 11.8. The second-order valence-corrected chi connectivity index (χ2v) is 12.2. The molecule has 1 rings (SSSR count). The summed E-state index contributed by atoms with van der Waals surface area (Å²) in [7, 11) is -1.76. The first-order valence-corrected chi connectivity index (χ1v) is 10.9. The van der Waals surface area contributed by atoms with Crippen LogP contribution in [0, 0.1) is 5.92 Å². The molecule has 0 aliphatic carbocycles. The average Bonchev–Trinajstić information content (AvgIpc) is 2.83. The molecule has 1 atom stereocenters. The van der Waals surface area contributed by atoms with Crippen LogP contribution in [0.15, 0.2) is 24.5 Å². The molecule has 1 heterocycles. The molecule has 2 amide bonds. The monoisotopic (exact) mass is 339 g/mol. The second-order valence-electron chi connectivity index (χ2n) is 7.43. The highest BCUT2D eigenvalue weighted by atomic mass is 28.4. The second kappa shape index (κ2) is 7.81. The van der Waals surface area contributed by atoms with E-state index in [4.69, 9.17) is 9.16 Å². The predicted molar refractivity (Wildman–Crippen MR) is 93.4 cm³/mol. The van der Waals surface area contributed by atoms with E-state index in [9.17, 15) is 9.59 Å². The van der Waals surface area contributed by atoms with Crippen LogP contribution in [0.4, 0.5) is 4.79 Å². The highest BCUT2D eigenvalue weighted by Gasteiger charge is 2.37. The molecule has 1 saturated heterocycles. The van der Waals surface area contributed by atoms with Crippen molar-refractivity contribution in [3.8, 4) is 0 Å². The van der Waals surface area contributed by atoms with Gasteiger partial charge in [-0.15, -0.1) is 0 Å². The molecule has 5 nitrogen and oxygen atoms in total. The first-order valence-electron chi connectivity index (χ1n) is 8.04. The van der Waals surface area contributed by atoms with Gasteiger partial charge in [0.1, 0.15) is 6.61 Å². The van der Waals surface area contributed by atoms with E-state index >= 15 is 0 Å². The summed E-state index contributed by atoms with van der Waals surface area (Å²) >= 11 is 0.